The summed E-state index contributed by atoms with van der Waals surface area (Å²) in [6, 6.07) is 13.7. The predicted molar refractivity (Wildman–Crippen MR) is 103 cm³/mol. The Morgan fingerprint density at radius 3 is 2.56 bits per heavy atom. The fourth-order valence-electron chi connectivity index (χ4n) is 2.84. The number of hydrogen-bond donors (Lipinski definition) is 2. The number of carbonyl (C=O) groups excluding carboxylic acids is 2. The molecule has 2 N–H and O–H groups in total. The molecule has 0 bridgehead atoms. The van der Waals surface area contributed by atoms with E-state index in [0.29, 0.717) is 41.0 Å². The van der Waals surface area contributed by atoms with Crippen LogP contribution < -0.4 is 15.5 Å². The molecule has 0 unspecified atom stereocenters. The maximum atomic E-state index is 12.6. The van der Waals surface area contributed by atoms with Gasteiger partial charge in [-0.1, -0.05) is 23.9 Å². The summed E-state index contributed by atoms with van der Waals surface area (Å²) in [5.74, 6) is -2.71. The number of para-hydroxylation sites is 1. The van der Waals surface area contributed by atoms with Crippen LogP contribution in [0.2, 0.25) is 0 Å². The first-order valence-corrected chi connectivity index (χ1v) is 9.39. The number of alkyl halides is 2. The van der Waals surface area contributed by atoms with Crippen LogP contribution in [0.4, 0.5) is 25.8 Å². The van der Waals surface area contributed by atoms with Gasteiger partial charge in [0.2, 0.25) is 11.8 Å². The second-order valence-corrected chi connectivity index (χ2v) is 7.00. The Bertz CT molecular complexity index is 815. The normalized spacial score (nSPS) is 13.9. The molecular weight excluding hydrogens is 372 g/mol. The van der Waals surface area contributed by atoms with E-state index < -0.39 is 5.76 Å². The zero-order valence-corrected chi connectivity index (χ0v) is 15.3. The van der Waals surface area contributed by atoms with Crippen LogP contribution in [0.25, 0.3) is 0 Å². The molecule has 3 rings (SSSR count). The third kappa shape index (κ3) is 5.19. The van der Waals surface area contributed by atoms with Crippen LogP contribution in [-0.4, -0.2) is 30.7 Å². The van der Waals surface area contributed by atoms with Crippen molar-refractivity contribution >= 4 is 40.6 Å². The van der Waals surface area contributed by atoms with E-state index in [0.717, 1.165) is 12.1 Å². The molecule has 2 aromatic carbocycles. The zero-order valence-electron chi connectivity index (χ0n) is 14.5. The molecule has 8 heteroatoms. The first kappa shape index (κ1) is 19.2. The molecule has 0 aliphatic carbocycles. The largest absolute Gasteiger partial charge is 0.375 e. The van der Waals surface area contributed by atoms with Gasteiger partial charge < -0.3 is 15.5 Å². The maximum absolute atomic E-state index is 12.6. The van der Waals surface area contributed by atoms with Gasteiger partial charge in [0.1, 0.15) is 0 Å². The fourth-order valence-corrected chi connectivity index (χ4v) is 3.45. The lowest BCUT2D eigenvalue weighted by Crippen LogP contribution is -2.24. The van der Waals surface area contributed by atoms with E-state index in [4.69, 9.17) is 0 Å². The Morgan fingerprint density at radius 1 is 1.15 bits per heavy atom. The van der Waals surface area contributed by atoms with E-state index in [1.165, 1.54) is 0 Å². The summed E-state index contributed by atoms with van der Waals surface area (Å²) in [6.07, 6.45) is 1.42. The molecule has 1 heterocycles. The predicted octanol–water partition coefficient (Wildman–Crippen LogP) is 4.18. The van der Waals surface area contributed by atoms with Crippen molar-refractivity contribution in [2.24, 2.45) is 0 Å². The van der Waals surface area contributed by atoms with Crippen LogP contribution in [0, 0.1) is 0 Å². The molecule has 1 aliphatic heterocycles. The lowest BCUT2D eigenvalue weighted by molar-refractivity contribution is -0.117. The molecule has 0 spiro atoms. The van der Waals surface area contributed by atoms with Crippen LogP contribution in [-0.2, 0) is 9.59 Å². The number of halogens is 2. The van der Waals surface area contributed by atoms with Crippen LogP contribution in [0.15, 0.2) is 53.4 Å². The second kappa shape index (κ2) is 8.85. The van der Waals surface area contributed by atoms with Gasteiger partial charge in [0.05, 0.1) is 6.54 Å². The van der Waals surface area contributed by atoms with Gasteiger partial charge in [0, 0.05) is 34.9 Å². The van der Waals surface area contributed by atoms with Gasteiger partial charge in [-0.3, -0.25) is 9.59 Å². The molecule has 142 valence electrons. The number of thioether (sulfide) groups is 1. The number of nitrogens with one attached hydrogen (secondary N) is 2. The molecule has 5 nitrogen and oxygen atoms in total. The highest BCUT2D eigenvalue weighted by Gasteiger charge is 2.21. The molecule has 0 saturated carbocycles. The summed E-state index contributed by atoms with van der Waals surface area (Å²) in [5, 5.41) is 5.62. The summed E-state index contributed by atoms with van der Waals surface area (Å²) in [7, 11) is 0. The third-order valence-electron chi connectivity index (χ3n) is 4.08. The lowest BCUT2D eigenvalue weighted by atomic mass is 10.2. The van der Waals surface area contributed by atoms with Gasteiger partial charge >= 0.3 is 0 Å². The zero-order chi connectivity index (χ0) is 19.2. The van der Waals surface area contributed by atoms with Crippen molar-refractivity contribution in [3.05, 3.63) is 48.5 Å². The van der Waals surface area contributed by atoms with E-state index in [1.54, 1.807) is 53.4 Å². The van der Waals surface area contributed by atoms with Crippen molar-refractivity contribution in [1.29, 1.82) is 0 Å². The highest BCUT2D eigenvalue weighted by atomic mass is 32.2. The number of hydrogen-bond acceptors (Lipinski definition) is 4. The quantitative estimate of drug-likeness (QED) is 0.695. The standard InChI is InChI=1S/C19H19F2N3O2S/c20-19(21)27-16-5-2-1-4-15(16)22-12-17(25)23-13-7-9-14(10-8-13)24-11-3-6-18(24)26/h1-2,4-5,7-10,19,22H,3,6,11-12H2,(H,23,25). The Kier molecular flexibility index (Phi) is 6.28. The highest BCUT2D eigenvalue weighted by Crippen LogP contribution is 2.31. The molecule has 0 atom stereocenters. The molecule has 0 radical (unpaired) electrons. The number of nitrogens with zero attached hydrogens (tertiary/aromatic N) is 1. The SMILES string of the molecule is O=C(CNc1ccccc1SC(F)F)Nc1ccc(N2CCCC2=O)cc1. The Morgan fingerprint density at radius 2 is 1.89 bits per heavy atom. The molecule has 1 saturated heterocycles. The van der Waals surface area contributed by atoms with Gasteiger partial charge in [0.25, 0.3) is 5.76 Å². The first-order chi connectivity index (χ1) is 13.0. The van der Waals surface area contributed by atoms with E-state index in [9.17, 15) is 18.4 Å². The second-order valence-electron chi connectivity index (χ2n) is 5.97. The summed E-state index contributed by atoms with van der Waals surface area (Å²) >= 11 is 0.435. The van der Waals surface area contributed by atoms with Gasteiger partial charge in [-0.2, -0.15) is 8.78 Å². The van der Waals surface area contributed by atoms with Crippen LogP contribution in [0.3, 0.4) is 0 Å². The van der Waals surface area contributed by atoms with Crippen molar-refractivity contribution in [3.8, 4) is 0 Å². The molecule has 27 heavy (non-hydrogen) atoms. The summed E-state index contributed by atoms with van der Waals surface area (Å²) < 4.78 is 25.2. The van der Waals surface area contributed by atoms with Crippen molar-refractivity contribution in [2.45, 2.75) is 23.5 Å². The van der Waals surface area contributed by atoms with Crippen molar-refractivity contribution in [1.82, 2.24) is 0 Å². The minimum absolute atomic E-state index is 0.0484. The maximum Gasteiger partial charge on any atom is 0.288 e. The minimum atomic E-state index is -2.53. The lowest BCUT2D eigenvalue weighted by Gasteiger charge is -2.16. The Labute approximate surface area is 160 Å². The van der Waals surface area contributed by atoms with Crippen molar-refractivity contribution < 1.29 is 18.4 Å². The van der Waals surface area contributed by atoms with Gasteiger partial charge in [-0.15, -0.1) is 0 Å². The monoisotopic (exact) mass is 391 g/mol. The minimum Gasteiger partial charge on any atom is -0.375 e. The third-order valence-corrected chi connectivity index (χ3v) is 4.87. The number of anilines is 3. The first-order valence-electron chi connectivity index (χ1n) is 8.51. The average Bonchev–Trinajstić information content (AvgIpc) is 3.07. The summed E-state index contributed by atoms with van der Waals surface area (Å²) in [6.45, 7) is 0.664. The summed E-state index contributed by atoms with van der Waals surface area (Å²) in [5.41, 5.74) is 1.90. The Balaban J connectivity index is 1.55. The highest BCUT2D eigenvalue weighted by molar-refractivity contribution is 7.99. The molecular formula is C19H19F2N3O2S. The van der Waals surface area contributed by atoms with Crippen LogP contribution >= 0.6 is 11.8 Å². The summed E-state index contributed by atoms with van der Waals surface area (Å²) in [4.78, 5) is 26.0. The van der Waals surface area contributed by atoms with E-state index in [-0.39, 0.29) is 18.4 Å². The van der Waals surface area contributed by atoms with E-state index >= 15 is 0 Å². The molecule has 2 aromatic rings. The van der Waals surface area contributed by atoms with Crippen LogP contribution in [0.1, 0.15) is 12.8 Å². The molecule has 2 amide bonds. The molecule has 1 aliphatic rings. The molecule has 1 fully saturated rings. The van der Waals surface area contributed by atoms with Gasteiger partial charge in [-0.05, 0) is 42.8 Å². The van der Waals surface area contributed by atoms with E-state index in [2.05, 4.69) is 10.6 Å². The number of rotatable bonds is 7. The van der Waals surface area contributed by atoms with Crippen molar-refractivity contribution in [3.63, 3.8) is 0 Å². The average molecular weight is 391 g/mol. The van der Waals surface area contributed by atoms with Crippen LogP contribution in [0.5, 0.6) is 0 Å². The molecule has 0 aromatic heterocycles. The van der Waals surface area contributed by atoms with Gasteiger partial charge in [0.15, 0.2) is 0 Å². The number of amides is 2. The smallest absolute Gasteiger partial charge is 0.288 e. The van der Waals surface area contributed by atoms with E-state index in [1.807, 2.05) is 0 Å². The number of carbonyl (C=O) groups is 2. The topological polar surface area (TPSA) is 61.4 Å². The van der Waals surface area contributed by atoms with Crippen molar-refractivity contribution in [2.75, 3.05) is 28.6 Å². The number of benzene rings is 2. The fraction of sp³-hybridized carbons (Fsp3) is 0.263. The Hall–Kier alpha value is -2.61. The van der Waals surface area contributed by atoms with Gasteiger partial charge in [-0.25, -0.2) is 0 Å².